The van der Waals surface area contributed by atoms with E-state index in [1.165, 1.54) is 19.3 Å². The maximum atomic E-state index is 12.7. The molecule has 25 heavy (non-hydrogen) atoms. The summed E-state index contributed by atoms with van der Waals surface area (Å²) in [4.78, 5) is 25.0. The molecule has 0 radical (unpaired) electrons. The van der Waals surface area contributed by atoms with Gasteiger partial charge in [0.15, 0.2) is 6.10 Å². The molecule has 0 aromatic heterocycles. The Kier molecular flexibility index (Phi) is 4.38. The normalized spacial score (nSPS) is 33.8. The Hall–Kier alpha value is -1.36. The molecule has 0 heterocycles. The van der Waals surface area contributed by atoms with E-state index in [2.05, 4.69) is 21.2 Å². The summed E-state index contributed by atoms with van der Waals surface area (Å²) < 4.78 is 6.09. The van der Waals surface area contributed by atoms with E-state index in [4.69, 9.17) is 4.74 Å². The van der Waals surface area contributed by atoms with Crippen molar-refractivity contribution in [2.75, 3.05) is 0 Å². The molecule has 0 spiro atoms. The summed E-state index contributed by atoms with van der Waals surface area (Å²) in [5.41, 5.74) is 0.386. The zero-order chi connectivity index (χ0) is 17.6. The lowest BCUT2D eigenvalue weighted by atomic mass is 9.53. The van der Waals surface area contributed by atoms with Crippen LogP contribution in [0.4, 0.5) is 0 Å². The predicted molar refractivity (Wildman–Crippen MR) is 98.1 cm³/mol. The van der Waals surface area contributed by atoms with Crippen molar-refractivity contribution in [3.05, 3.63) is 34.3 Å². The summed E-state index contributed by atoms with van der Waals surface area (Å²) in [6.07, 6.45) is 6.50. The largest absolute Gasteiger partial charge is 0.449 e. The van der Waals surface area contributed by atoms with Crippen molar-refractivity contribution in [1.29, 1.82) is 0 Å². The van der Waals surface area contributed by atoms with Crippen molar-refractivity contribution in [3.63, 3.8) is 0 Å². The Labute approximate surface area is 156 Å². The van der Waals surface area contributed by atoms with Gasteiger partial charge in [0, 0.05) is 10.0 Å². The highest BCUT2D eigenvalue weighted by Gasteiger charge is 2.51. The van der Waals surface area contributed by atoms with Crippen molar-refractivity contribution >= 4 is 27.8 Å². The third-order valence-corrected chi connectivity index (χ3v) is 6.86. The topological polar surface area (TPSA) is 55.4 Å². The van der Waals surface area contributed by atoms with Crippen LogP contribution in [0.3, 0.4) is 0 Å². The minimum Gasteiger partial charge on any atom is -0.449 e. The third-order valence-electron chi connectivity index (χ3n) is 6.17. The molecule has 4 fully saturated rings. The summed E-state index contributed by atoms with van der Waals surface area (Å²) in [6.45, 7) is 1.66. The van der Waals surface area contributed by atoms with Gasteiger partial charge in [-0.15, -0.1) is 0 Å². The van der Waals surface area contributed by atoms with E-state index in [0.717, 1.165) is 37.0 Å². The van der Waals surface area contributed by atoms with Crippen LogP contribution in [-0.4, -0.2) is 23.5 Å². The van der Waals surface area contributed by atoms with Gasteiger partial charge in [-0.05, 0) is 91.3 Å². The van der Waals surface area contributed by atoms with Crippen LogP contribution >= 0.6 is 15.9 Å². The Balaban J connectivity index is 1.40. The number of carbonyl (C=O) groups is 2. The number of hydrogen-bond acceptors (Lipinski definition) is 3. The van der Waals surface area contributed by atoms with Crippen molar-refractivity contribution < 1.29 is 14.3 Å². The Bertz CT molecular complexity index is 667. The molecular weight excluding hydrogens is 382 g/mol. The zero-order valence-electron chi connectivity index (χ0n) is 14.5. The first-order valence-electron chi connectivity index (χ1n) is 9.22. The van der Waals surface area contributed by atoms with Gasteiger partial charge in [0.2, 0.25) is 0 Å². The number of benzene rings is 1. The SMILES string of the molecule is C[C@H](OC(=O)c1ccccc1Br)C(=O)NC12CC3CC(CC(C3)C1)C2. The van der Waals surface area contributed by atoms with E-state index in [0.29, 0.717) is 10.0 Å². The lowest BCUT2D eigenvalue weighted by molar-refractivity contribution is -0.134. The molecule has 1 atom stereocenters. The second-order valence-electron chi connectivity index (χ2n) is 8.21. The van der Waals surface area contributed by atoms with E-state index >= 15 is 0 Å². The molecule has 0 unspecified atom stereocenters. The van der Waals surface area contributed by atoms with Crippen LogP contribution in [0.2, 0.25) is 0 Å². The van der Waals surface area contributed by atoms with Gasteiger partial charge in [0.05, 0.1) is 5.56 Å². The monoisotopic (exact) mass is 405 g/mol. The molecule has 1 aromatic rings. The Morgan fingerprint density at radius 2 is 1.68 bits per heavy atom. The third kappa shape index (κ3) is 3.35. The molecule has 4 aliphatic carbocycles. The van der Waals surface area contributed by atoms with E-state index < -0.39 is 12.1 Å². The first-order chi connectivity index (χ1) is 11.9. The summed E-state index contributed by atoms with van der Waals surface area (Å²) >= 11 is 3.35. The number of ether oxygens (including phenoxy) is 1. The van der Waals surface area contributed by atoms with Crippen molar-refractivity contribution in [2.24, 2.45) is 17.8 Å². The maximum absolute atomic E-state index is 12.7. The molecule has 1 N–H and O–H groups in total. The lowest BCUT2D eigenvalue weighted by Crippen LogP contribution is -2.61. The minimum absolute atomic E-state index is 0.0557. The van der Waals surface area contributed by atoms with Crippen LogP contribution in [0.15, 0.2) is 28.7 Å². The first-order valence-corrected chi connectivity index (χ1v) is 10.0. The highest BCUT2D eigenvalue weighted by Crippen LogP contribution is 2.55. The van der Waals surface area contributed by atoms with Crippen LogP contribution in [0, 0.1) is 17.8 Å². The molecule has 1 aromatic carbocycles. The molecule has 0 aliphatic heterocycles. The highest BCUT2D eigenvalue weighted by molar-refractivity contribution is 9.10. The summed E-state index contributed by atoms with van der Waals surface area (Å²) in [6, 6.07) is 7.10. The van der Waals surface area contributed by atoms with Gasteiger partial charge in [-0.2, -0.15) is 0 Å². The van der Waals surface area contributed by atoms with Crippen LogP contribution in [0.25, 0.3) is 0 Å². The summed E-state index contributed by atoms with van der Waals surface area (Å²) in [5.74, 6) is 1.67. The minimum atomic E-state index is -0.785. The predicted octanol–water partition coefficient (Wildman–Crippen LogP) is 4.08. The van der Waals surface area contributed by atoms with E-state index in [9.17, 15) is 9.59 Å². The molecule has 4 saturated carbocycles. The van der Waals surface area contributed by atoms with E-state index in [1.807, 2.05) is 6.07 Å². The standard InChI is InChI=1S/C20H24BrNO3/c1-12(25-19(24)16-4-2-3-5-17(16)21)18(23)22-20-9-13-6-14(10-20)8-15(7-13)11-20/h2-5,12-15H,6-11H2,1H3,(H,22,23)/t12-,13?,14?,15?,20?/m0/s1. The van der Waals surface area contributed by atoms with Gasteiger partial charge < -0.3 is 10.1 Å². The van der Waals surface area contributed by atoms with E-state index in [1.54, 1.807) is 25.1 Å². The molecule has 1 amide bonds. The van der Waals surface area contributed by atoms with Crippen molar-refractivity contribution in [3.8, 4) is 0 Å². The van der Waals surface area contributed by atoms with Crippen LogP contribution < -0.4 is 5.32 Å². The lowest BCUT2D eigenvalue weighted by Gasteiger charge is -2.57. The smallest absolute Gasteiger partial charge is 0.340 e. The number of nitrogens with one attached hydrogen (secondary N) is 1. The van der Waals surface area contributed by atoms with E-state index in [-0.39, 0.29) is 11.4 Å². The fourth-order valence-corrected chi connectivity index (χ4v) is 5.98. The average Bonchev–Trinajstić information content (AvgIpc) is 2.53. The molecule has 4 bridgehead atoms. The van der Waals surface area contributed by atoms with Gasteiger partial charge in [-0.25, -0.2) is 4.79 Å². The molecule has 5 rings (SSSR count). The molecule has 5 heteroatoms. The summed E-state index contributed by atoms with van der Waals surface area (Å²) in [5, 5.41) is 3.27. The maximum Gasteiger partial charge on any atom is 0.340 e. The molecule has 4 aliphatic rings. The fraction of sp³-hybridized carbons (Fsp3) is 0.600. The molecule has 134 valence electrons. The average molecular weight is 406 g/mol. The van der Waals surface area contributed by atoms with Gasteiger partial charge in [0.25, 0.3) is 5.91 Å². The number of esters is 1. The quantitative estimate of drug-likeness (QED) is 0.767. The van der Waals surface area contributed by atoms with Gasteiger partial charge in [-0.1, -0.05) is 12.1 Å². The van der Waals surface area contributed by atoms with Crippen molar-refractivity contribution in [1.82, 2.24) is 5.32 Å². The van der Waals surface area contributed by atoms with Gasteiger partial charge in [-0.3, -0.25) is 4.79 Å². The highest BCUT2D eigenvalue weighted by atomic mass is 79.9. The number of hydrogen-bond donors (Lipinski definition) is 1. The fourth-order valence-electron chi connectivity index (χ4n) is 5.53. The second-order valence-corrected chi connectivity index (χ2v) is 9.07. The zero-order valence-corrected chi connectivity index (χ0v) is 16.1. The number of amides is 1. The van der Waals surface area contributed by atoms with Gasteiger partial charge >= 0.3 is 5.97 Å². The van der Waals surface area contributed by atoms with Crippen molar-refractivity contribution in [2.45, 2.75) is 57.1 Å². The Morgan fingerprint density at radius 1 is 1.12 bits per heavy atom. The summed E-state index contributed by atoms with van der Waals surface area (Å²) in [7, 11) is 0. The first kappa shape index (κ1) is 17.1. The number of halogens is 1. The van der Waals surface area contributed by atoms with Crippen LogP contribution in [0.5, 0.6) is 0 Å². The molecule has 0 saturated heterocycles. The second kappa shape index (κ2) is 6.42. The number of carbonyl (C=O) groups excluding carboxylic acids is 2. The Morgan fingerprint density at radius 3 is 2.24 bits per heavy atom. The van der Waals surface area contributed by atoms with Crippen LogP contribution in [0.1, 0.15) is 55.8 Å². The van der Waals surface area contributed by atoms with Crippen LogP contribution in [-0.2, 0) is 9.53 Å². The molecular formula is C20H24BrNO3. The van der Waals surface area contributed by atoms with Gasteiger partial charge in [0.1, 0.15) is 0 Å². The number of rotatable bonds is 4. The molecule has 4 nitrogen and oxygen atoms in total.